The molecule has 0 N–H and O–H groups in total. The van der Waals surface area contributed by atoms with E-state index >= 15 is 0 Å². The van der Waals surface area contributed by atoms with E-state index in [2.05, 4.69) is 101 Å². The summed E-state index contributed by atoms with van der Waals surface area (Å²) in [6.45, 7) is 7.13. The van der Waals surface area contributed by atoms with Crippen LogP contribution in [0.2, 0.25) is 0 Å². The summed E-state index contributed by atoms with van der Waals surface area (Å²) < 4.78 is 0. The molecule has 160 valence electrons. The fourth-order valence-electron chi connectivity index (χ4n) is 5.70. The van der Waals surface area contributed by atoms with E-state index < -0.39 is 0 Å². The SMILES string of the molecule is c1ccc(CN2C[C@H](CN3CCC(c4ccccc4)CC3)[C@@H](c3ccccc3)C2)cc1. The second-order valence-corrected chi connectivity index (χ2v) is 9.44. The first kappa shape index (κ1) is 20.5. The number of nitrogens with zero attached hydrogens (tertiary/aromatic N) is 2. The summed E-state index contributed by atoms with van der Waals surface area (Å²) in [6.07, 6.45) is 2.58. The van der Waals surface area contributed by atoms with E-state index in [1.165, 1.54) is 62.3 Å². The molecule has 2 aliphatic heterocycles. The van der Waals surface area contributed by atoms with Gasteiger partial charge in [0.1, 0.15) is 0 Å². The fraction of sp³-hybridized carbons (Fsp3) is 0.379. The van der Waals surface area contributed by atoms with E-state index in [1.807, 2.05) is 0 Å². The Labute approximate surface area is 187 Å². The Bertz CT molecular complexity index is 917. The molecule has 5 rings (SSSR count). The van der Waals surface area contributed by atoms with E-state index in [0.717, 1.165) is 12.5 Å². The molecule has 0 unspecified atom stereocenters. The Hall–Kier alpha value is -2.42. The molecule has 0 aliphatic carbocycles. The van der Waals surface area contributed by atoms with Crippen LogP contribution < -0.4 is 0 Å². The van der Waals surface area contributed by atoms with Gasteiger partial charge in [0.2, 0.25) is 0 Å². The third-order valence-electron chi connectivity index (χ3n) is 7.34. The van der Waals surface area contributed by atoms with Crippen LogP contribution in [-0.2, 0) is 6.54 Å². The molecule has 3 aromatic carbocycles. The molecule has 3 aromatic rings. The summed E-state index contributed by atoms with van der Waals surface area (Å²) in [7, 11) is 0. The lowest BCUT2D eigenvalue weighted by Crippen LogP contribution is -2.38. The van der Waals surface area contributed by atoms with Crippen molar-refractivity contribution >= 4 is 0 Å². The molecule has 2 atom stereocenters. The van der Waals surface area contributed by atoms with Crippen molar-refractivity contribution in [3.63, 3.8) is 0 Å². The van der Waals surface area contributed by atoms with E-state index in [4.69, 9.17) is 0 Å². The number of hydrogen-bond donors (Lipinski definition) is 0. The molecule has 2 heteroatoms. The predicted molar refractivity (Wildman–Crippen MR) is 129 cm³/mol. The lowest BCUT2D eigenvalue weighted by molar-refractivity contribution is 0.177. The first-order valence-electron chi connectivity index (χ1n) is 11.9. The summed E-state index contributed by atoms with van der Waals surface area (Å²) in [5.74, 6) is 2.08. The standard InChI is InChI=1S/C29H34N2/c1-4-10-24(11-5-1)20-31-22-28(29(23-31)27-14-8-3-9-15-27)21-30-18-16-26(17-19-30)25-12-6-2-7-13-25/h1-15,26,28-29H,16-23H2/t28-,29+/m0/s1. The molecular formula is C29H34N2. The summed E-state index contributed by atoms with van der Waals surface area (Å²) >= 11 is 0. The molecule has 2 fully saturated rings. The van der Waals surface area contributed by atoms with E-state index in [1.54, 1.807) is 0 Å². The third-order valence-corrected chi connectivity index (χ3v) is 7.34. The van der Waals surface area contributed by atoms with E-state index in [-0.39, 0.29) is 0 Å². The van der Waals surface area contributed by atoms with Gasteiger partial charge in [-0.1, -0.05) is 91.0 Å². The smallest absolute Gasteiger partial charge is 0.0234 e. The van der Waals surface area contributed by atoms with Gasteiger partial charge in [-0.25, -0.2) is 0 Å². The van der Waals surface area contributed by atoms with Gasteiger partial charge < -0.3 is 4.90 Å². The molecular weight excluding hydrogens is 376 g/mol. The highest BCUT2D eigenvalue weighted by atomic mass is 15.2. The highest BCUT2D eigenvalue weighted by Crippen LogP contribution is 2.35. The van der Waals surface area contributed by atoms with E-state index in [0.29, 0.717) is 11.8 Å². The normalized spacial score (nSPS) is 23.2. The Morgan fingerprint density at radius 2 is 1.19 bits per heavy atom. The van der Waals surface area contributed by atoms with Crippen molar-refractivity contribution in [3.8, 4) is 0 Å². The molecule has 2 heterocycles. The minimum atomic E-state index is 0.636. The van der Waals surface area contributed by atoms with Gasteiger partial charge in [0.25, 0.3) is 0 Å². The fourth-order valence-corrected chi connectivity index (χ4v) is 5.70. The summed E-state index contributed by atoms with van der Waals surface area (Å²) in [5.41, 5.74) is 4.47. The van der Waals surface area contributed by atoms with Gasteiger partial charge in [0.05, 0.1) is 0 Å². The van der Waals surface area contributed by atoms with Crippen LogP contribution in [0.1, 0.15) is 41.4 Å². The zero-order chi connectivity index (χ0) is 20.9. The summed E-state index contributed by atoms with van der Waals surface area (Å²) in [6, 6.07) is 33.3. The number of rotatable bonds is 6. The highest BCUT2D eigenvalue weighted by Gasteiger charge is 2.35. The first-order chi connectivity index (χ1) is 15.3. The molecule has 31 heavy (non-hydrogen) atoms. The van der Waals surface area contributed by atoms with Gasteiger partial charge in [0, 0.05) is 32.1 Å². The van der Waals surface area contributed by atoms with Gasteiger partial charge in [-0.3, -0.25) is 4.90 Å². The summed E-state index contributed by atoms with van der Waals surface area (Å²) in [5, 5.41) is 0. The lowest BCUT2D eigenvalue weighted by Gasteiger charge is -2.35. The lowest BCUT2D eigenvalue weighted by atomic mass is 9.86. The minimum Gasteiger partial charge on any atom is -0.303 e. The monoisotopic (exact) mass is 410 g/mol. The van der Waals surface area contributed by atoms with Crippen LogP contribution in [0.25, 0.3) is 0 Å². The third kappa shape index (κ3) is 5.08. The molecule has 0 amide bonds. The average Bonchev–Trinajstić information content (AvgIpc) is 3.23. The van der Waals surface area contributed by atoms with Gasteiger partial charge >= 0.3 is 0 Å². The number of likely N-dealkylation sites (tertiary alicyclic amines) is 2. The Balaban J connectivity index is 1.24. The highest BCUT2D eigenvalue weighted by molar-refractivity contribution is 5.24. The van der Waals surface area contributed by atoms with Crippen molar-refractivity contribution < 1.29 is 0 Å². The van der Waals surface area contributed by atoms with Crippen molar-refractivity contribution in [1.29, 1.82) is 0 Å². The Kier molecular flexibility index (Phi) is 6.48. The van der Waals surface area contributed by atoms with Crippen molar-refractivity contribution in [1.82, 2.24) is 9.80 Å². The van der Waals surface area contributed by atoms with Crippen molar-refractivity contribution in [2.45, 2.75) is 31.2 Å². The second-order valence-electron chi connectivity index (χ2n) is 9.44. The van der Waals surface area contributed by atoms with Crippen LogP contribution >= 0.6 is 0 Å². The largest absolute Gasteiger partial charge is 0.303 e. The zero-order valence-corrected chi connectivity index (χ0v) is 18.4. The molecule has 2 nitrogen and oxygen atoms in total. The molecule has 0 bridgehead atoms. The summed E-state index contributed by atoms with van der Waals surface area (Å²) in [4.78, 5) is 5.42. The maximum atomic E-state index is 2.74. The Morgan fingerprint density at radius 3 is 1.84 bits per heavy atom. The number of piperidine rings is 1. The maximum Gasteiger partial charge on any atom is 0.0234 e. The first-order valence-corrected chi connectivity index (χ1v) is 11.9. The molecule has 0 saturated carbocycles. The quantitative estimate of drug-likeness (QED) is 0.508. The van der Waals surface area contributed by atoms with Crippen LogP contribution in [0.15, 0.2) is 91.0 Å². The number of benzene rings is 3. The van der Waals surface area contributed by atoms with Crippen LogP contribution in [0.3, 0.4) is 0 Å². The average molecular weight is 411 g/mol. The second kappa shape index (κ2) is 9.80. The van der Waals surface area contributed by atoms with Crippen LogP contribution in [0.4, 0.5) is 0 Å². The van der Waals surface area contributed by atoms with Gasteiger partial charge in [-0.15, -0.1) is 0 Å². The van der Waals surface area contributed by atoms with E-state index in [9.17, 15) is 0 Å². The molecule has 2 aliphatic rings. The molecule has 0 radical (unpaired) electrons. The predicted octanol–water partition coefficient (Wildman–Crippen LogP) is 5.78. The molecule has 0 spiro atoms. The Morgan fingerprint density at radius 1 is 0.613 bits per heavy atom. The molecule has 0 aromatic heterocycles. The maximum absolute atomic E-state index is 2.74. The van der Waals surface area contributed by atoms with Crippen molar-refractivity contribution in [2.75, 3.05) is 32.7 Å². The molecule has 2 saturated heterocycles. The van der Waals surface area contributed by atoms with Crippen molar-refractivity contribution in [3.05, 3.63) is 108 Å². The number of hydrogen-bond acceptors (Lipinski definition) is 2. The van der Waals surface area contributed by atoms with Crippen LogP contribution in [-0.4, -0.2) is 42.5 Å². The van der Waals surface area contributed by atoms with Crippen LogP contribution in [0.5, 0.6) is 0 Å². The van der Waals surface area contributed by atoms with Crippen molar-refractivity contribution in [2.24, 2.45) is 5.92 Å². The van der Waals surface area contributed by atoms with Gasteiger partial charge in [-0.2, -0.15) is 0 Å². The van der Waals surface area contributed by atoms with Crippen LogP contribution in [0, 0.1) is 5.92 Å². The zero-order valence-electron chi connectivity index (χ0n) is 18.4. The topological polar surface area (TPSA) is 6.48 Å². The minimum absolute atomic E-state index is 0.636. The van der Waals surface area contributed by atoms with Gasteiger partial charge in [0.15, 0.2) is 0 Å². The van der Waals surface area contributed by atoms with Gasteiger partial charge in [-0.05, 0) is 54.5 Å².